The molecule has 0 rings (SSSR count). The third-order valence-electron chi connectivity index (χ3n) is 2.43. The minimum absolute atomic E-state index is 0.0804. The summed E-state index contributed by atoms with van der Waals surface area (Å²) < 4.78 is 0. The van der Waals surface area contributed by atoms with Crippen molar-refractivity contribution in [2.75, 3.05) is 0 Å². The van der Waals surface area contributed by atoms with Crippen LogP contribution in [0.15, 0.2) is 12.2 Å². The zero-order chi connectivity index (χ0) is 15.2. The van der Waals surface area contributed by atoms with E-state index in [-0.39, 0.29) is 12.8 Å². The Bertz CT molecular complexity index is 477. The molecule has 0 fully saturated rings. The van der Waals surface area contributed by atoms with E-state index >= 15 is 0 Å². The van der Waals surface area contributed by atoms with Crippen LogP contribution in [-0.4, -0.2) is 33.5 Å². The van der Waals surface area contributed by atoms with Gasteiger partial charge in [-0.25, -0.2) is 0 Å². The van der Waals surface area contributed by atoms with Crippen molar-refractivity contribution in [3.05, 3.63) is 12.2 Å². The molecule has 0 amide bonds. The molecule has 0 aliphatic rings. The van der Waals surface area contributed by atoms with Crippen molar-refractivity contribution in [3.8, 4) is 36.0 Å². The summed E-state index contributed by atoms with van der Waals surface area (Å²) in [5.74, 6) is 11.2. The number of carboxylic acid groups (broad SMARTS) is 1. The lowest BCUT2D eigenvalue weighted by molar-refractivity contribution is -0.137. The molecule has 0 heterocycles. The van der Waals surface area contributed by atoms with Crippen molar-refractivity contribution in [3.63, 3.8) is 0 Å². The molecule has 0 aromatic rings. The summed E-state index contributed by atoms with van der Waals surface area (Å²) in [6, 6.07) is 0. The summed E-state index contributed by atoms with van der Waals surface area (Å²) in [5, 5.41) is 27.7. The van der Waals surface area contributed by atoms with Gasteiger partial charge in [-0.15, -0.1) is 6.42 Å². The summed E-state index contributed by atoms with van der Waals surface area (Å²) in [6.45, 7) is 0. The van der Waals surface area contributed by atoms with Gasteiger partial charge < -0.3 is 15.3 Å². The number of hydrogen-bond donors (Lipinski definition) is 3. The van der Waals surface area contributed by atoms with Crippen LogP contribution in [0.4, 0.5) is 0 Å². The van der Waals surface area contributed by atoms with Crippen LogP contribution in [0.2, 0.25) is 0 Å². The molecule has 0 bridgehead atoms. The Hall–Kier alpha value is -2.19. The maximum absolute atomic E-state index is 10.3. The molecule has 0 aliphatic heterocycles. The average Bonchev–Trinajstić information content (AvgIpc) is 2.41. The lowest BCUT2D eigenvalue weighted by Crippen LogP contribution is -2.25. The predicted molar refractivity (Wildman–Crippen MR) is 76.3 cm³/mol. The highest BCUT2D eigenvalue weighted by molar-refractivity contribution is 5.66. The van der Waals surface area contributed by atoms with E-state index in [0.29, 0.717) is 19.3 Å². The van der Waals surface area contributed by atoms with Crippen LogP contribution in [0.5, 0.6) is 0 Å². The fraction of sp³-hybridized carbons (Fsp3) is 0.438. The predicted octanol–water partition coefficient (Wildman–Crippen LogP) is 0.940. The standard InChI is InChI=1S/C16H18O4/c1-2-3-4-5-6-7-8-11-14(17)15(18)12-9-10-13-16(19)20/h1,7-8,14-15,17-18H,9-13H2,(H,19,20)/b8-7+/t14-,15+/m1/s1. The third kappa shape index (κ3) is 10.9. The van der Waals surface area contributed by atoms with Gasteiger partial charge in [-0.1, -0.05) is 18.4 Å². The Kier molecular flexibility index (Phi) is 10.6. The van der Waals surface area contributed by atoms with Gasteiger partial charge in [-0.3, -0.25) is 4.79 Å². The summed E-state index contributed by atoms with van der Waals surface area (Å²) in [4.78, 5) is 10.3. The molecule has 3 N–H and O–H groups in total. The molecule has 4 heteroatoms. The Morgan fingerprint density at radius 3 is 2.55 bits per heavy atom. The average molecular weight is 274 g/mol. The lowest BCUT2D eigenvalue weighted by Gasteiger charge is -2.15. The molecule has 20 heavy (non-hydrogen) atoms. The van der Waals surface area contributed by atoms with Crippen LogP contribution >= 0.6 is 0 Å². The second-order valence-electron chi connectivity index (χ2n) is 4.08. The maximum atomic E-state index is 10.3. The molecule has 106 valence electrons. The van der Waals surface area contributed by atoms with E-state index in [1.54, 1.807) is 6.08 Å². The number of allylic oxidation sites excluding steroid dienone is 1. The van der Waals surface area contributed by atoms with Gasteiger partial charge in [0.05, 0.1) is 12.2 Å². The molecule has 4 nitrogen and oxygen atoms in total. The molecule has 0 radical (unpaired) electrons. The van der Waals surface area contributed by atoms with E-state index in [1.165, 1.54) is 6.08 Å². The van der Waals surface area contributed by atoms with Gasteiger partial charge in [0.25, 0.3) is 0 Å². The highest BCUT2D eigenvalue weighted by Gasteiger charge is 2.14. The lowest BCUT2D eigenvalue weighted by atomic mass is 10.0. The minimum atomic E-state index is -0.880. The molecule has 0 aliphatic carbocycles. The zero-order valence-corrected chi connectivity index (χ0v) is 11.2. The molecule has 0 aromatic carbocycles. The number of terminal acetylenes is 1. The SMILES string of the molecule is C#CC#CC#C/C=C/C[C@@H](O)[C@@H](O)CCCCC(=O)O. The van der Waals surface area contributed by atoms with Gasteiger partial charge in [0.1, 0.15) is 0 Å². The van der Waals surface area contributed by atoms with E-state index in [9.17, 15) is 15.0 Å². The first kappa shape index (κ1) is 17.8. The molecular formula is C16H18O4. The first-order valence-corrected chi connectivity index (χ1v) is 6.27. The maximum Gasteiger partial charge on any atom is 0.303 e. The second-order valence-corrected chi connectivity index (χ2v) is 4.08. The number of aliphatic hydroxyl groups excluding tert-OH is 2. The Balaban J connectivity index is 3.86. The van der Waals surface area contributed by atoms with Gasteiger partial charge in [0, 0.05) is 6.42 Å². The van der Waals surface area contributed by atoms with Crippen molar-refractivity contribution < 1.29 is 20.1 Å². The van der Waals surface area contributed by atoms with Crippen LogP contribution in [0.25, 0.3) is 0 Å². The summed E-state index contributed by atoms with van der Waals surface area (Å²) >= 11 is 0. The summed E-state index contributed by atoms with van der Waals surface area (Å²) in [6.07, 6.45) is 8.13. The highest BCUT2D eigenvalue weighted by atomic mass is 16.4. The van der Waals surface area contributed by atoms with Gasteiger partial charge >= 0.3 is 5.97 Å². The van der Waals surface area contributed by atoms with Crippen LogP contribution in [0, 0.1) is 36.0 Å². The van der Waals surface area contributed by atoms with Crippen molar-refractivity contribution in [1.29, 1.82) is 0 Å². The number of carboxylic acids is 1. The fourth-order valence-corrected chi connectivity index (χ4v) is 1.39. The second kappa shape index (κ2) is 11.9. The normalized spacial score (nSPS) is 12.4. The van der Waals surface area contributed by atoms with Crippen LogP contribution in [-0.2, 0) is 4.79 Å². The smallest absolute Gasteiger partial charge is 0.303 e. The molecule has 0 unspecified atom stereocenters. The number of unbranched alkanes of at least 4 members (excludes halogenated alkanes) is 1. The van der Waals surface area contributed by atoms with Crippen LogP contribution in [0.1, 0.15) is 32.1 Å². The van der Waals surface area contributed by atoms with E-state index in [0.717, 1.165) is 0 Å². The van der Waals surface area contributed by atoms with Crippen molar-refractivity contribution in [1.82, 2.24) is 0 Å². The number of aliphatic carboxylic acids is 1. The Morgan fingerprint density at radius 2 is 1.90 bits per heavy atom. The number of rotatable bonds is 8. The Morgan fingerprint density at radius 1 is 1.15 bits per heavy atom. The molecule has 0 saturated carbocycles. The molecule has 0 spiro atoms. The largest absolute Gasteiger partial charge is 0.481 e. The summed E-state index contributed by atoms with van der Waals surface area (Å²) in [5.41, 5.74) is 0. The number of aliphatic hydroxyl groups is 2. The third-order valence-corrected chi connectivity index (χ3v) is 2.43. The topological polar surface area (TPSA) is 77.8 Å². The van der Waals surface area contributed by atoms with Gasteiger partial charge in [0.2, 0.25) is 0 Å². The monoisotopic (exact) mass is 274 g/mol. The van der Waals surface area contributed by atoms with Crippen molar-refractivity contribution in [2.45, 2.75) is 44.3 Å². The van der Waals surface area contributed by atoms with Crippen LogP contribution in [0.3, 0.4) is 0 Å². The van der Waals surface area contributed by atoms with E-state index in [1.807, 2.05) is 0 Å². The minimum Gasteiger partial charge on any atom is -0.481 e. The summed E-state index contributed by atoms with van der Waals surface area (Å²) in [7, 11) is 0. The molecule has 0 saturated heterocycles. The van der Waals surface area contributed by atoms with Crippen molar-refractivity contribution >= 4 is 5.97 Å². The van der Waals surface area contributed by atoms with E-state index < -0.39 is 18.2 Å². The first-order valence-electron chi connectivity index (χ1n) is 6.27. The zero-order valence-electron chi connectivity index (χ0n) is 11.2. The van der Waals surface area contributed by atoms with E-state index in [4.69, 9.17) is 11.5 Å². The number of carbonyl (C=O) groups is 1. The van der Waals surface area contributed by atoms with E-state index in [2.05, 4.69) is 29.6 Å². The van der Waals surface area contributed by atoms with Gasteiger partial charge in [-0.2, -0.15) is 0 Å². The molecular weight excluding hydrogens is 256 g/mol. The Labute approximate surface area is 119 Å². The fourth-order valence-electron chi connectivity index (χ4n) is 1.39. The quantitative estimate of drug-likeness (QED) is 0.455. The van der Waals surface area contributed by atoms with Crippen LogP contribution < -0.4 is 0 Å². The van der Waals surface area contributed by atoms with Gasteiger partial charge in [0.15, 0.2) is 0 Å². The highest BCUT2D eigenvalue weighted by Crippen LogP contribution is 2.09. The number of hydrogen-bond acceptors (Lipinski definition) is 3. The van der Waals surface area contributed by atoms with Gasteiger partial charge in [-0.05, 0) is 49.0 Å². The first-order chi connectivity index (χ1) is 9.57. The van der Waals surface area contributed by atoms with Crippen molar-refractivity contribution in [2.24, 2.45) is 0 Å². The molecule has 0 aromatic heterocycles. The molecule has 2 atom stereocenters.